The summed E-state index contributed by atoms with van der Waals surface area (Å²) in [6, 6.07) is 1.46. The zero-order valence-corrected chi connectivity index (χ0v) is 15.5. The molecule has 1 saturated heterocycles. The second kappa shape index (κ2) is 7.67. The number of aryl methyl sites for hydroxylation is 1. The molecule has 0 saturated carbocycles. The molecular weight excluding hydrogens is 328 g/mol. The lowest BCUT2D eigenvalue weighted by Gasteiger charge is -2.29. The van der Waals surface area contributed by atoms with Crippen LogP contribution in [0, 0.1) is 11.8 Å². The SMILES string of the molecule is CC(CN)CNC(=O)c1cc(S(=O)(=O)N2CCCC(C)C2)cn1C. The zero-order valence-electron chi connectivity index (χ0n) is 14.7. The molecule has 0 spiro atoms. The Kier molecular flexibility index (Phi) is 6.06. The van der Waals surface area contributed by atoms with Crippen LogP contribution >= 0.6 is 0 Å². The van der Waals surface area contributed by atoms with Crippen molar-refractivity contribution >= 4 is 15.9 Å². The smallest absolute Gasteiger partial charge is 0.267 e. The Bertz CT molecular complexity index is 683. The van der Waals surface area contributed by atoms with Gasteiger partial charge in [-0.1, -0.05) is 13.8 Å². The van der Waals surface area contributed by atoms with E-state index in [4.69, 9.17) is 5.73 Å². The number of nitrogens with zero attached hydrogens (tertiary/aromatic N) is 2. The fraction of sp³-hybridized carbons (Fsp3) is 0.688. The number of nitrogens with one attached hydrogen (secondary N) is 1. The molecule has 2 heterocycles. The van der Waals surface area contributed by atoms with Gasteiger partial charge >= 0.3 is 0 Å². The molecule has 1 aliphatic heterocycles. The van der Waals surface area contributed by atoms with Crippen LogP contribution in [0.25, 0.3) is 0 Å². The summed E-state index contributed by atoms with van der Waals surface area (Å²) in [6.45, 7) is 6.03. The average molecular weight is 356 g/mol. The van der Waals surface area contributed by atoms with Gasteiger partial charge in [-0.25, -0.2) is 8.42 Å². The first-order chi connectivity index (χ1) is 11.3. The number of piperidine rings is 1. The summed E-state index contributed by atoms with van der Waals surface area (Å²) >= 11 is 0. The largest absolute Gasteiger partial charge is 0.350 e. The van der Waals surface area contributed by atoms with Crippen LogP contribution in [0.1, 0.15) is 37.2 Å². The molecular formula is C16H28N4O3S. The van der Waals surface area contributed by atoms with E-state index in [1.807, 2.05) is 6.92 Å². The Morgan fingerprint density at radius 3 is 2.83 bits per heavy atom. The van der Waals surface area contributed by atoms with Crippen molar-refractivity contribution in [2.24, 2.45) is 24.6 Å². The van der Waals surface area contributed by atoms with Gasteiger partial charge in [-0.3, -0.25) is 4.79 Å². The molecule has 2 unspecified atom stereocenters. The standard InChI is InChI=1S/C16H28N4O3S/c1-12-5-4-6-20(10-12)24(22,23)14-7-15(19(3)11-14)16(21)18-9-13(2)8-17/h7,11-13H,4-6,8-10,17H2,1-3H3,(H,18,21). The molecule has 1 aromatic rings. The van der Waals surface area contributed by atoms with Crippen molar-refractivity contribution in [2.75, 3.05) is 26.2 Å². The van der Waals surface area contributed by atoms with E-state index in [1.54, 1.807) is 11.6 Å². The highest BCUT2D eigenvalue weighted by Gasteiger charge is 2.30. The third-order valence-corrected chi connectivity index (χ3v) is 6.31. The maximum Gasteiger partial charge on any atom is 0.267 e. The van der Waals surface area contributed by atoms with Gasteiger partial charge in [-0.15, -0.1) is 0 Å². The molecule has 24 heavy (non-hydrogen) atoms. The van der Waals surface area contributed by atoms with Crippen LogP contribution in [0.2, 0.25) is 0 Å². The Balaban J connectivity index is 2.16. The van der Waals surface area contributed by atoms with Gasteiger partial charge in [0.2, 0.25) is 10.0 Å². The van der Waals surface area contributed by atoms with E-state index >= 15 is 0 Å². The number of hydrogen-bond donors (Lipinski definition) is 2. The van der Waals surface area contributed by atoms with E-state index in [0.717, 1.165) is 12.8 Å². The summed E-state index contributed by atoms with van der Waals surface area (Å²) < 4.78 is 28.7. The number of hydrogen-bond acceptors (Lipinski definition) is 4. The minimum Gasteiger partial charge on any atom is -0.350 e. The van der Waals surface area contributed by atoms with Crippen LogP contribution in [0.3, 0.4) is 0 Å². The number of sulfonamides is 1. The van der Waals surface area contributed by atoms with E-state index in [0.29, 0.717) is 37.8 Å². The fourth-order valence-corrected chi connectivity index (χ4v) is 4.53. The van der Waals surface area contributed by atoms with Crippen LogP contribution in [0.15, 0.2) is 17.2 Å². The van der Waals surface area contributed by atoms with E-state index in [-0.39, 0.29) is 16.7 Å². The number of carbonyl (C=O) groups is 1. The summed E-state index contributed by atoms with van der Waals surface area (Å²) in [5.41, 5.74) is 5.88. The van der Waals surface area contributed by atoms with Crippen molar-refractivity contribution in [1.82, 2.24) is 14.2 Å². The van der Waals surface area contributed by atoms with Gasteiger partial charge in [0.25, 0.3) is 5.91 Å². The third kappa shape index (κ3) is 4.17. The van der Waals surface area contributed by atoms with Crippen LogP contribution < -0.4 is 11.1 Å². The summed E-state index contributed by atoms with van der Waals surface area (Å²) in [5, 5.41) is 2.79. The minimum atomic E-state index is -3.55. The van der Waals surface area contributed by atoms with Gasteiger partial charge in [0.1, 0.15) is 10.6 Å². The predicted molar refractivity (Wildman–Crippen MR) is 93.1 cm³/mol. The lowest BCUT2D eigenvalue weighted by molar-refractivity contribution is 0.0940. The van der Waals surface area contributed by atoms with Crippen LogP contribution in [-0.4, -0.2) is 49.4 Å². The molecule has 1 amide bonds. The van der Waals surface area contributed by atoms with Crippen molar-refractivity contribution in [3.63, 3.8) is 0 Å². The van der Waals surface area contributed by atoms with Gasteiger partial charge in [-0.05, 0) is 37.3 Å². The van der Waals surface area contributed by atoms with E-state index in [2.05, 4.69) is 12.2 Å². The van der Waals surface area contributed by atoms with Crippen molar-refractivity contribution in [1.29, 1.82) is 0 Å². The summed E-state index contributed by atoms with van der Waals surface area (Å²) in [4.78, 5) is 12.5. The highest BCUT2D eigenvalue weighted by atomic mass is 32.2. The molecule has 0 aliphatic carbocycles. The van der Waals surface area contributed by atoms with Gasteiger partial charge in [0.05, 0.1) is 0 Å². The van der Waals surface area contributed by atoms with Gasteiger partial charge in [-0.2, -0.15) is 4.31 Å². The van der Waals surface area contributed by atoms with Gasteiger partial charge < -0.3 is 15.6 Å². The second-order valence-corrected chi connectivity index (χ2v) is 8.77. The van der Waals surface area contributed by atoms with Crippen LogP contribution in [-0.2, 0) is 17.1 Å². The number of carbonyl (C=O) groups excluding carboxylic acids is 1. The maximum absolute atomic E-state index is 12.8. The molecule has 3 N–H and O–H groups in total. The van der Waals surface area contributed by atoms with Crippen LogP contribution in [0.5, 0.6) is 0 Å². The average Bonchev–Trinajstić information content (AvgIpc) is 2.95. The third-order valence-electron chi connectivity index (χ3n) is 4.48. The normalized spacial score (nSPS) is 20.8. The summed E-state index contributed by atoms with van der Waals surface area (Å²) in [7, 11) is -1.87. The number of rotatable bonds is 6. The van der Waals surface area contributed by atoms with Crippen molar-refractivity contribution in [3.05, 3.63) is 18.0 Å². The quantitative estimate of drug-likeness (QED) is 0.787. The lowest BCUT2D eigenvalue weighted by Crippen LogP contribution is -2.38. The number of amides is 1. The molecule has 2 rings (SSSR count). The highest BCUT2D eigenvalue weighted by Crippen LogP contribution is 2.24. The first kappa shape index (κ1) is 19.0. The van der Waals surface area contributed by atoms with Crippen molar-refractivity contribution in [3.8, 4) is 0 Å². The Labute approximate surface area is 144 Å². The van der Waals surface area contributed by atoms with Crippen molar-refractivity contribution in [2.45, 2.75) is 31.6 Å². The minimum absolute atomic E-state index is 0.173. The molecule has 8 heteroatoms. The first-order valence-corrected chi connectivity index (χ1v) is 9.84. The molecule has 0 bridgehead atoms. The monoisotopic (exact) mass is 356 g/mol. The molecule has 1 aliphatic rings. The molecule has 0 aromatic carbocycles. The van der Waals surface area contributed by atoms with Gasteiger partial charge in [0, 0.05) is 32.9 Å². The first-order valence-electron chi connectivity index (χ1n) is 8.40. The molecule has 136 valence electrons. The maximum atomic E-state index is 12.8. The molecule has 2 atom stereocenters. The highest BCUT2D eigenvalue weighted by molar-refractivity contribution is 7.89. The number of aromatic nitrogens is 1. The molecule has 1 aromatic heterocycles. The molecule has 0 radical (unpaired) electrons. The summed E-state index contributed by atoms with van der Waals surface area (Å²) in [6.07, 6.45) is 3.43. The predicted octanol–water partition coefficient (Wildman–Crippen LogP) is 0.770. The molecule has 7 nitrogen and oxygen atoms in total. The lowest BCUT2D eigenvalue weighted by atomic mass is 10.0. The molecule has 1 fully saturated rings. The van der Waals surface area contributed by atoms with E-state index in [9.17, 15) is 13.2 Å². The van der Waals surface area contributed by atoms with Gasteiger partial charge in [0.15, 0.2) is 0 Å². The van der Waals surface area contributed by atoms with Crippen LogP contribution in [0.4, 0.5) is 0 Å². The number of nitrogens with two attached hydrogens (primary N) is 1. The topological polar surface area (TPSA) is 97.4 Å². The van der Waals surface area contributed by atoms with E-state index in [1.165, 1.54) is 16.6 Å². The second-order valence-electron chi connectivity index (χ2n) is 6.83. The van der Waals surface area contributed by atoms with Crippen molar-refractivity contribution < 1.29 is 13.2 Å². The fourth-order valence-electron chi connectivity index (χ4n) is 2.86. The Hall–Kier alpha value is -1.38. The Morgan fingerprint density at radius 2 is 2.21 bits per heavy atom. The zero-order chi connectivity index (χ0) is 17.9. The summed E-state index contributed by atoms with van der Waals surface area (Å²) in [5.74, 6) is 0.247. The van der Waals surface area contributed by atoms with E-state index < -0.39 is 10.0 Å². The Morgan fingerprint density at radius 1 is 1.50 bits per heavy atom.